The molecule has 6 heteroatoms. The van der Waals surface area contributed by atoms with Gasteiger partial charge in [0, 0.05) is 0 Å². The van der Waals surface area contributed by atoms with Crippen molar-refractivity contribution in [3.8, 4) is 0 Å². The van der Waals surface area contributed by atoms with Crippen molar-refractivity contribution >= 4 is 52.2 Å². The van der Waals surface area contributed by atoms with E-state index in [1.807, 2.05) is 0 Å². The van der Waals surface area contributed by atoms with Crippen molar-refractivity contribution < 1.29 is 15.9 Å². The van der Waals surface area contributed by atoms with E-state index in [1.54, 1.807) is 5.92 Å². The molecule has 1 saturated carbocycles. The SMILES string of the molecule is CC[C]1[C](C)[C](C)[C](C)[C]1C.[Cl][Re][Cl].[S-]S[S-]. The van der Waals surface area contributed by atoms with E-state index in [1.165, 1.54) is 30.1 Å². The maximum absolute atomic E-state index is 4.92. The summed E-state index contributed by atoms with van der Waals surface area (Å²) in [5.74, 6) is 7.53. The summed E-state index contributed by atoms with van der Waals surface area (Å²) in [5, 5.41) is 0. The van der Waals surface area contributed by atoms with Gasteiger partial charge in [-0.05, 0) is 36.0 Å². The molecule has 0 heterocycles. The van der Waals surface area contributed by atoms with Gasteiger partial charge in [-0.2, -0.15) is 0 Å². The normalized spacial score (nSPS) is 19.6. The van der Waals surface area contributed by atoms with Crippen LogP contribution in [0.25, 0.3) is 0 Å². The molecule has 0 atom stereocenters. The number of hydrogen-bond acceptors (Lipinski definition) is 3. The molecular weight excluding hydrogens is 485 g/mol. The molecule has 17 heavy (non-hydrogen) atoms. The van der Waals surface area contributed by atoms with Crippen LogP contribution in [-0.2, 0) is 39.3 Å². The second-order valence-corrected chi connectivity index (χ2v) is 9.15. The van der Waals surface area contributed by atoms with Crippen LogP contribution < -0.4 is 0 Å². The number of rotatable bonds is 1. The van der Waals surface area contributed by atoms with Crippen LogP contribution in [0.3, 0.4) is 0 Å². The Morgan fingerprint density at radius 2 is 1.18 bits per heavy atom. The van der Waals surface area contributed by atoms with Gasteiger partial charge in [-0.1, -0.05) is 34.6 Å². The van der Waals surface area contributed by atoms with E-state index < -0.39 is 15.9 Å². The second-order valence-electron chi connectivity index (χ2n) is 3.45. The first-order valence-corrected chi connectivity index (χ1v) is 14.3. The molecule has 1 fully saturated rings. The molecule has 0 N–H and O–H groups in total. The van der Waals surface area contributed by atoms with Gasteiger partial charge in [0.25, 0.3) is 0 Å². The predicted molar refractivity (Wildman–Crippen MR) is 83.2 cm³/mol. The molecule has 1 aliphatic rings. The number of halogens is 2. The van der Waals surface area contributed by atoms with E-state index in [-0.39, 0.29) is 0 Å². The van der Waals surface area contributed by atoms with Crippen molar-refractivity contribution in [3.05, 3.63) is 29.6 Å². The van der Waals surface area contributed by atoms with Crippen molar-refractivity contribution in [2.75, 3.05) is 0 Å². The van der Waals surface area contributed by atoms with Crippen LogP contribution in [0.5, 0.6) is 0 Å². The summed E-state index contributed by atoms with van der Waals surface area (Å²) in [6.45, 7) is 11.1. The van der Waals surface area contributed by atoms with Gasteiger partial charge in [0.15, 0.2) is 0 Å². The third-order valence-electron chi connectivity index (χ3n) is 2.95. The summed E-state index contributed by atoms with van der Waals surface area (Å²) >= 11 is 7.53. The molecule has 0 aromatic rings. The average Bonchev–Trinajstić information content (AvgIpc) is 2.46. The Labute approximate surface area is 137 Å². The van der Waals surface area contributed by atoms with Crippen LogP contribution in [0.1, 0.15) is 41.0 Å². The van der Waals surface area contributed by atoms with Crippen LogP contribution in [0.15, 0.2) is 0 Å². The van der Waals surface area contributed by atoms with E-state index in [9.17, 15) is 0 Å². The Balaban J connectivity index is 0. The fraction of sp³-hybridized carbons (Fsp3) is 0.545. The molecule has 5 radical (unpaired) electrons. The van der Waals surface area contributed by atoms with Crippen molar-refractivity contribution in [2.45, 2.75) is 41.0 Å². The third-order valence-corrected chi connectivity index (χ3v) is 2.95. The topological polar surface area (TPSA) is 0 Å². The predicted octanol–water partition coefficient (Wildman–Crippen LogP) is 5.38. The summed E-state index contributed by atoms with van der Waals surface area (Å²) in [7, 11) is 10.7. The maximum atomic E-state index is 4.92. The van der Waals surface area contributed by atoms with E-state index in [2.05, 4.69) is 57.9 Å². The van der Waals surface area contributed by atoms with Crippen LogP contribution in [0.4, 0.5) is 0 Å². The summed E-state index contributed by atoms with van der Waals surface area (Å²) in [5.41, 5.74) is 0. The molecule has 0 nitrogen and oxygen atoms in total. The molecule has 0 aromatic heterocycles. The zero-order chi connectivity index (χ0) is 14.0. The zero-order valence-corrected chi connectivity index (χ0v) is 17.2. The Bertz CT molecular complexity index is 159. The smallest absolute Gasteiger partial charge is 0.507 e. The zero-order valence-electron chi connectivity index (χ0n) is 10.6. The first-order chi connectivity index (χ1) is 7.92. The Kier molecular flexibility index (Phi) is 16.9. The molecule has 0 aromatic carbocycles. The number of hydrogen-bond donors (Lipinski definition) is 0. The van der Waals surface area contributed by atoms with Gasteiger partial charge < -0.3 is 33.1 Å². The molecule has 0 spiro atoms. The van der Waals surface area contributed by atoms with Gasteiger partial charge in [0.2, 0.25) is 0 Å². The molecule has 0 saturated heterocycles. The van der Waals surface area contributed by atoms with E-state index in [0.717, 1.165) is 9.83 Å². The molecule has 0 amide bonds. The molecule has 0 unspecified atom stereocenters. The maximum Gasteiger partial charge on any atom is -0.507 e. The molecular formula is C11H17Cl2ReS3-2. The third kappa shape index (κ3) is 8.23. The molecule has 0 bridgehead atoms. The summed E-state index contributed by atoms with van der Waals surface area (Å²) < 4.78 is 0. The van der Waals surface area contributed by atoms with E-state index in [4.69, 9.17) is 19.1 Å². The Morgan fingerprint density at radius 1 is 0.941 bits per heavy atom. The summed E-state index contributed by atoms with van der Waals surface area (Å²) in [6.07, 6.45) is 1.17. The van der Waals surface area contributed by atoms with Crippen LogP contribution in [0.2, 0.25) is 0 Å². The standard InChI is InChI=1S/C11H17.2ClH.Re.H2S3/c1-6-11-9(4)7(2)8(3)10(11)5;;;;1-3-2/h6H2,1-5H3;2*1H;;1-2H/q;;;+2;/p-4. The van der Waals surface area contributed by atoms with Crippen molar-refractivity contribution in [3.63, 3.8) is 0 Å². The van der Waals surface area contributed by atoms with Crippen LogP contribution in [-0.4, -0.2) is 0 Å². The van der Waals surface area contributed by atoms with Crippen LogP contribution in [0, 0.1) is 29.6 Å². The molecule has 0 aliphatic heterocycles. The summed E-state index contributed by atoms with van der Waals surface area (Å²) in [6, 6.07) is 0. The Hall–Kier alpha value is 2.29. The largest absolute Gasteiger partial charge is 0.747 e. The van der Waals surface area contributed by atoms with E-state index >= 15 is 0 Å². The minimum Gasteiger partial charge on any atom is -0.747 e. The first-order valence-electron chi connectivity index (χ1n) is 4.93. The average molecular weight is 503 g/mol. The fourth-order valence-corrected chi connectivity index (χ4v) is 1.83. The van der Waals surface area contributed by atoms with Gasteiger partial charge >= 0.3 is 35.0 Å². The van der Waals surface area contributed by atoms with Gasteiger partial charge in [-0.15, -0.1) is 0 Å². The minimum atomic E-state index is -0.722. The second kappa shape index (κ2) is 13.3. The monoisotopic (exact) mass is 502 g/mol. The van der Waals surface area contributed by atoms with Crippen molar-refractivity contribution in [1.29, 1.82) is 0 Å². The molecule has 1 rings (SSSR count). The minimum absolute atomic E-state index is 0.722. The van der Waals surface area contributed by atoms with Crippen LogP contribution >= 0.6 is 28.9 Å². The van der Waals surface area contributed by atoms with Crippen molar-refractivity contribution in [1.82, 2.24) is 0 Å². The van der Waals surface area contributed by atoms with Gasteiger partial charge in [-0.25, -0.2) is 0 Å². The summed E-state index contributed by atoms with van der Waals surface area (Å²) in [4.78, 5) is 0. The molecule has 102 valence electrons. The van der Waals surface area contributed by atoms with Crippen molar-refractivity contribution in [2.24, 2.45) is 0 Å². The van der Waals surface area contributed by atoms with E-state index in [0.29, 0.717) is 0 Å². The van der Waals surface area contributed by atoms with Gasteiger partial charge in [0.05, 0.1) is 0 Å². The van der Waals surface area contributed by atoms with Gasteiger partial charge in [0.1, 0.15) is 0 Å². The van der Waals surface area contributed by atoms with Gasteiger partial charge in [-0.3, -0.25) is 0 Å². The fourth-order valence-electron chi connectivity index (χ4n) is 1.83. The quantitative estimate of drug-likeness (QED) is 0.349. The Morgan fingerprint density at radius 3 is 1.29 bits per heavy atom. The first kappa shape index (κ1) is 21.6. The molecule has 1 aliphatic carbocycles.